The van der Waals surface area contributed by atoms with Gasteiger partial charge in [0, 0.05) is 0 Å². The van der Waals surface area contributed by atoms with Crippen molar-refractivity contribution in [1.82, 2.24) is 0 Å². The highest BCUT2D eigenvalue weighted by Crippen LogP contribution is 1.93. The first-order valence-electron chi connectivity index (χ1n) is 4.05. The van der Waals surface area contributed by atoms with Gasteiger partial charge in [0.2, 0.25) is 0 Å². The Kier molecular flexibility index (Phi) is 8.04. The van der Waals surface area contributed by atoms with Crippen molar-refractivity contribution in [3.8, 4) is 0 Å². The van der Waals surface area contributed by atoms with Crippen molar-refractivity contribution in [2.45, 2.75) is 33.1 Å². The van der Waals surface area contributed by atoms with Gasteiger partial charge in [0.05, 0.1) is 0 Å². The molecule has 0 heterocycles. The quantitative estimate of drug-likeness (QED) is 0.402. The van der Waals surface area contributed by atoms with Gasteiger partial charge < -0.3 is 0 Å². The third-order valence-electron chi connectivity index (χ3n) is 1.18. The van der Waals surface area contributed by atoms with E-state index in [0.717, 1.165) is 19.3 Å². The molecule has 0 aliphatic heterocycles. The summed E-state index contributed by atoms with van der Waals surface area (Å²) in [6.45, 7) is 4.30. The highest BCUT2D eigenvalue weighted by molar-refractivity contribution is 4.99. The van der Waals surface area contributed by atoms with E-state index in [1.165, 1.54) is 0 Å². The molecule has 0 saturated carbocycles. The van der Waals surface area contributed by atoms with Gasteiger partial charge in [-0.25, -0.2) is 0 Å². The van der Waals surface area contributed by atoms with Gasteiger partial charge in [0.15, 0.2) is 0 Å². The molecule has 0 amide bonds. The molecule has 0 nitrogen and oxygen atoms in total. The molecule has 1 radical (unpaired) electrons. The van der Waals surface area contributed by atoms with Crippen LogP contribution in [0, 0.1) is 6.42 Å². The summed E-state index contributed by atoms with van der Waals surface area (Å²) in [7, 11) is 0. The molecule has 0 spiro atoms. The van der Waals surface area contributed by atoms with E-state index in [4.69, 9.17) is 0 Å². The van der Waals surface area contributed by atoms with Crippen LogP contribution in [0.2, 0.25) is 0 Å². The predicted octanol–water partition coefficient (Wildman–Crippen LogP) is 3.51. The number of rotatable bonds is 5. The molecule has 0 saturated heterocycles. The van der Waals surface area contributed by atoms with Gasteiger partial charge in [-0.05, 0) is 25.7 Å². The third kappa shape index (κ3) is 7.48. The zero-order chi connectivity index (χ0) is 7.66. The molecule has 0 rings (SSSR count). The summed E-state index contributed by atoms with van der Waals surface area (Å²) in [6.07, 6.45) is 14.2. The van der Waals surface area contributed by atoms with Crippen LogP contribution in [0.4, 0.5) is 0 Å². The van der Waals surface area contributed by atoms with Crippen molar-refractivity contribution in [2.24, 2.45) is 0 Å². The minimum absolute atomic E-state index is 1.07. The number of allylic oxidation sites excluding steroid dienone is 4. The van der Waals surface area contributed by atoms with E-state index in [1.54, 1.807) is 0 Å². The zero-order valence-corrected chi connectivity index (χ0v) is 7.01. The average Bonchev–Trinajstić information content (AvgIpc) is 1.97. The van der Waals surface area contributed by atoms with E-state index in [2.05, 4.69) is 44.6 Å². The summed E-state index contributed by atoms with van der Waals surface area (Å²) >= 11 is 0. The van der Waals surface area contributed by atoms with Gasteiger partial charge in [-0.3, -0.25) is 0 Å². The maximum Gasteiger partial charge on any atom is -0.0133 e. The lowest BCUT2D eigenvalue weighted by Crippen LogP contribution is -1.65. The topological polar surface area (TPSA) is 0 Å². The molecule has 10 heavy (non-hydrogen) atoms. The minimum atomic E-state index is 1.07. The maximum absolute atomic E-state index is 2.19. The molecule has 0 aromatic rings. The molecule has 0 unspecified atom stereocenters. The van der Waals surface area contributed by atoms with Crippen molar-refractivity contribution in [1.29, 1.82) is 0 Å². The lowest BCUT2D eigenvalue weighted by atomic mass is 10.2. The molecule has 0 heteroatoms. The van der Waals surface area contributed by atoms with E-state index >= 15 is 0 Å². The van der Waals surface area contributed by atoms with Crippen molar-refractivity contribution >= 4 is 0 Å². The Morgan fingerprint density at radius 2 is 1.60 bits per heavy atom. The molecule has 0 bridgehead atoms. The number of hydrogen-bond donors (Lipinski definition) is 0. The Morgan fingerprint density at radius 1 is 0.900 bits per heavy atom. The summed E-state index contributed by atoms with van der Waals surface area (Å²) < 4.78 is 0. The monoisotopic (exact) mass is 137 g/mol. The van der Waals surface area contributed by atoms with Gasteiger partial charge >= 0.3 is 0 Å². The van der Waals surface area contributed by atoms with Gasteiger partial charge in [0.25, 0.3) is 0 Å². The summed E-state index contributed by atoms with van der Waals surface area (Å²) in [6, 6.07) is 0. The fourth-order valence-corrected chi connectivity index (χ4v) is 0.652. The molecule has 57 valence electrons. The minimum Gasteiger partial charge on any atom is -0.0888 e. The van der Waals surface area contributed by atoms with Crippen molar-refractivity contribution in [3.63, 3.8) is 0 Å². The summed E-state index contributed by atoms with van der Waals surface area (Å²) in [5.74, 6) is 0. The molecule has 0 aromatic heterocycles. The van der Waals surface area contributed by atoms with Crippen LogP contribution in [0.3, 0.4) is 0 Å². The van der Waals surface area contributed by atoms with Crippen LogP contribution < -0.4 is 0 Å². The summed E-state index contributed by atoms with van der Waals surface area (Å²) in [5.41, 5.74) is 0. The van der Waals surface area contributed by atoms with Gasteiger partial charge in [-0.15, -0.1) is 0 Å². The Morgan fingerprint density at radius 3 is 2.20 bits per heavy atom. The first kappa shape index (κ1) is 9.48. The Hall–Kier alpha value is -0.520. The normalized spacial score (nSPS) is 11.8. The van der Waals surface area contributed by atoms with Crippen LogP contribution in [0.15, 0.2) is 24.3 Å². The molecule has 0 aliphatic rings. The van der Waals surface area contributed by atoms with E-state index < -0.39 is 0 Å². The zero-order valence-electron chi connectivity index (χ0n) is 7.01. The summed E-state index contributed by atoms with van der Waals surface area (Å²) in [5, 5.41) is 0. The molecular weight excluding hydrogens is 120 g/mol. The second-order valence-corrected chi connectivity index (χ2v) is 2.19. The summed E-state index contributed by atoms with van der Waals surface area (Å²) in [4.78, 5) is 0. The first-order chi connectivity index (χ1) is 4.91. The molecule has 0 N–H and O–H groups in total. The Bertz CT molecular complexity index is 84.6. The van der Waals surface area contributed by atoms with Crippen LogP contribution in [0.1, 0.15) is 33.1 Å². The number of unbranched alkanes of at least 4 members (excludes halogenated alkanes) is 1. The largest absolute Gasteiger partial charge is 0.0888 e. The first-order valence-corrected chi connectivity index (χ1v) is 4.05. The van der Waals surface area contributed by atoms with E-state index in [1.807, 2.05) is 0 Å². The van der Waals surface area contributed by atoms with Gasteiger partial charge in [0.1, 0.15) is 0 Å². The highest BCUT2D eigenvalue weighted by Gasteiger charge is 1.74. The van der Waals surface area contributed by atoms with Crippen LogP contribution >= 0.6 is 0 Å². The predicted molar refractivity (Wildman–Crippen MR) is 47.8 cm³/mol. The van der Waals surface area contributed by atoms with Crippen LogP contribution in [-0.2, 0) is 0 Å². The average molecular weight is 137 g/mol. The van der Waals surface area contributed by atoms with E-state index in [-0.39, 0.29) is 0 Å². The lowest BCUT2D eigenvalue weighted by molar-refractivity contribution is 1.17. The van der Waals surface area contributed by atoms with Crippen LogP contribution in [0.25, 0.3) is 0 Å². The van der Waals surface area contributed by atoms with Gasteiger partial charge in [-0.2, -0.15) is 0 Å². The van der Waals surface area contributed by atoms with Crippen molar-refractivity contribution < 1.29 is 0 Å². The lowest BCUT2D eigenvalue weighted by Gasteiger charge is -1.84. The Balaban J connectivity index is 3.04. The fourth-order valence-electron chi connectivity index (χ4n) is 0.652. The number of hydrogen-bond acceptors (Lipinski definition) is 0. The second kappa shape index (κ2) is 8.48. The van der Waals surface area contributed by atoms with Crippen molar-refractivity contribution in [2.75, 3.05) is 0 Å². The second-order valence-electron chi connectivity index (χ2n) is 2.19. The van der Waals surface area contributed by atoms with E-state index in [9.17, 15) is 0 Å². The SMILES string of the molecule is CCC=CC[CH]/C=C\CC. The molecule has 0 atom stereocenters. The molecule has 0 aromatic carbocycles. The highest BCUT2D eigenvalue weighted by atomic mass is 13.8. The maximum atomic E-state index is 2.19. The third-order valence-corrected chi connectivity index (χ3v) is 1.18. The van der Waals surface area contributed by atoms with Crippen molar-refractivity contribution in [3.05, 3.63) is 30.7 Å². The van der Waals surface area contributed by atoms with Crippen LogP contribution in [-0.4, -0.2) is 0 Å². The fraction of sp³-hybridized carbons (Fsp3) is 0.500. The van der Waals surface area contributed by atoms with E-state index in [0.29, 0.717) is 0 Å². The molecule has 0 fully saturated rings. The molecular formula is C10H17. The molecule has 0 aliphatic carbocycles. The standard InChI is InChI=1S/C10H17/c1-3-5-7-9-10-8-6-4-2/h5-9H,3-4,10H2,1-2H3/b7-5-,8-6?. The smallest absolute Gasteiger partial charge is 0.0133 e. The van der Waals surface area contributed by atoms with Crippen LogP contribution in [0.5, 0.6) is 0 Å². The Labute approximate surface area is 64.6 Å². The van der Waals surface area contributed by atoms with Gasteiger partial charge in [-0.1, -0.05) is 38.2 Å².